The monoisotopic (exact) mass is 597 g/mol. The normalized spacial score (nSPS) is 14.3. The minimum Gasteiger partial charge on any atom is -0.497 e. The summed E-state index contributed by atoms with van der Waals surface area (Å²) in [5.41, 5.74) is 1.93. The van der Waals surface area contributed by atoms with Gasteiger partial charge in [0.25, 0.3) is 10.0 Å². The first kappa shape index (κ1) is 30.4. The van der Waals surface area contributed by atoms with Crippen molar-refractivity contribution in [1.82, 2.24) is 10.2 Å². The Morgan fingerprint density at radius 2 is 1.71 bits per heavy atom. The Hall–Kier alpha value is -3.56. The molecule has 1 atom stereocenters. The van der Waals surface area contributed by atoms with Crippen molar-refractivity contribution in [3.63, 3.8) is 0 Å². The molecule has 8 nitrogen and oxygen atoms in total. The van der Waals surface area contributed by atoms with Crippen LogP contribution in [0.15, 0.2) is 77.7 Å². The zero-order valence-electron chi connectivity index (χ0n) is 23.5. The number of rotatable bonds is 11. The van der Waals surface area contributed by atoms with Crippen molar-refractivity contribution < 1.29 is 22.7 Å². The van der Waals surface area contributed by atoms with Crippen molar-refractivity contribution >= 4 is 39.1 Å². The number of carbonyl (C=O) groups is 2. The van der Waals surface area contributed by atoms with Crippen LogP contribution in [0.5, 0.6) is 5.75 Å². The average molecular weight is 598 g/mol. The maximum absolute atomic E-state index is 14.1. The van der Waals surface area contributed by atoms with Gasteiger partial charge in [0, 0.05) is 17.6 Å². The number of aryl methyl sites for hydroxylation is 1. The van der Waals surface area contributed by atoms with Gasteiger partial charge in [0.2, 0.25) is 11.8 Å². The molecule has 0 unspecified atom stereocenters. The molecule has 0 aromatic heterocycles. The molecule has 0 aliphatic heterocycles. The molecular weight excluding hydrogens is 562 g/mol. The second kappa shape index (κ2) is 13.4. The van der Waals surface area contributed by atoms with E-state index in [1.54, 1.807) is 44.4 Å². The van der Waals surface area contributed by atoms with E-state index < -0.39 is 28.5 Å². The summed E-state index contributed by atoms with van der Waals surface area (Å²) < 4.78 is 34.2. The average Bonchev–Trinajstić information content (AvgIpc) is 3.47. The quantitative estimate of drug-likeness (QED) is 0.322. The van der Waals surface area contributed by atoms with Gasteiger partial charge in [-0.3, -0.25) is 13.9 Å². The third-order valence-electron chi connectivity index (χ3n) is 7.33. The standard InChI is InChI=1S/C31H36ClN3O5S/c1-22-8-6-12-27(18-22)35(41(38,39)29-16-14-25(32)15-17-29)21-30(36)34(20-24-9-7-13-28(19-24)40-3)23(2)31(37)33-26-10-4-5-11-26/h6-9,12-19,23,26H,4-5,10-11,20-21H2,1-3H3,(H,33,37)/t23-/m1/s1. The topological polar surface area (TPSA) is 96.0 Å². The molecule has 218 valence electrons. The molecule has 1 fully saturated rings. The SMILES string of the molecule is COc1cccc(CN(C(=O)CN(c2cccc(C)c2)S(=O)(=O)c2ccc(Cl)cc2)[C@H](C)C(=O)NC2CCCC2)c1. The van der Waals surface area contributed by atoms with Crippen LogP contribution in [0.25, 0.3) is 0 Å². The Kier molecular flexibility index (Phi) is 9.94. The number of ether oxygens (including phenoxy) is 1. The van der Waals surface area contributed by atoms with E-state index in [0.29, 0.717) is 16.5 Å². The molecule has 0 radical (unpaired) electrons. The molecule has 0 heterocycles. The third kappa shape index (κ3) is 7.59. The van der Waals surface area contributed by atoms with E-state index in [2.05, 4.69) is 5.32 Å². The number of sulfonamides is 1. The maximum atomic E-state index is 14.1. The van der Waals surface area contributed by atoms with Gasteiger partial charge in [-0.15, -0.1) is 0 Å². The summed E-state index contributed by atoms with van der Waals surface area (Å²) in [4.78, 5) is 28.8. The molecule has 0 saturated heterocycles. The van der Waals surface area contributed by atoms with Crippen LogP contribution in [0.4, 0.5) is 5.69 Å². The zero-order chi connectivity index (χ0) is 29.6. The largest absolute Gasteiger partial charge is 0.497 e. The van der Waals surface area contributed by atoms with E-state index in [4.69, 9.17) is 16.3 Å². The number of anilines is 1. The molecule has 3 aromatic rings. The highest BCUT2D eigenvalue weighted by Gasteiger charge is 2.33. The van der Waals surface area contributed by atoms with E-state index in [-0.39, 0.29) is 23.4 Å². The minimum absolute atomic E-state index is 0.00239. The molecule has 1 N–H and O–H groups in total. The highest BCUT2D eigenvalue weighted by Crippen LogP contribution is 2.27. The van der Waals surface area contributed by atoms with Gasteiger partial charge in [0.15, 0.2) is 0 Å². The minimum atomic E-state index is -4.16. The number of hydrogen-bond donors (Lipinski definition) is 1. The molecule has 0 spiro atoms. The van der Waals surface area contributed by atoms with Gasteiger partial charge < -0.3 is 15.0 Å². The molecule has 41 heavy (non-hydrogen) atoms. The Morgan fingerprint density at radius 1 is 1.02 bits per heavy atom. The Morgan fingerprint density at radius 3 is 2.37 bits per heavy atom. The van der Waals surface area contributed by atoms with Gasteiger partial charge in [-0.05, 0) is 86.3 Å². The number of hydrogen-bond acceptors (Lipinski definition) is 5. The Balaban J connectivity index is 1.69. The van der Waals surface area contributed by atoms with Crippen LogP contribution in [0, 0.1) is 6.92 Å². The second-order valence-corrected chi connectivity index (χ2v) is 12.6. The fraction of sp³-hybridized carbons (Fsp3) is 0.355. The lowest BCUT2D eigenvalue weighted by Gasteiger charge is -2.32. The first-order valence-corrected chi connectivity index (χ1v) is 15.5. The highest BCUT2D eigenvalue weighted by molar-refractivity contribution is 7.92. The Bertz CT molecular complexity index is 1470. The van der Waals surface area contributed by atoms with Gasteiger partial charge in [0.1, 0.15) is 18.3 Å². The predicted octanol–water partition coefficient (Wildman–Crippen LogP) is 5.33. The molecule has 0 bridgehead atoms. The van der Waals surface area contributed by atoms with E-state index in [0.717, 1.165) is 41.1 Å². The number of methoxy groups -OCH3 is 1. The van der Waals surface area contributed by atoms with Crippen LogP contribution in [0.2, 0.25) is 5.02 Å². The summed E-state index contributed by atoms with van der Waals surface area (Å²) in [5.74, 6) is -0.165. The molecule has 2 amide bonds. The molecule has 1 aliphatic rings. The summed E-state index contributed by atoms with van der Waals surface area (Å²) in [7, 11) is -2.60. The van der Waals surface area contributed by atoms with Gasteiger partial charge in [-0.25, -0.2) is 8.42 Å². The summed E-state index contributed by atoms with van der Waals surface area (Å²) in [6, 6.07) is 19.2. The van der Waals surface area contributed by atoms with Crippen molar-refractivity contribution in [1.29, 1.82) is 0 Å². The van der Waals surface area contributed by atoms with Crippen LogP contribution < -0.4 is 14.4 Å². The number of benzene rings is 3. The third-order valence-corrected chi connectivity index (χ3v) is 9.37. The van der Waals surface area contributed by atoms with Crippen molar-refractivity contribution in [2.24, 2.45) is 0 Å². The van der Waals surface area contributed by atoms with E-state index in [9.17, 15) is 18.0 Å². The molecule has 3 aromatic carbocycles. The van der Waals surface area contributed by atoms with Crippen molar-refractivity contribution in [2.75, 3.05) is 18.0 Å². The predicted molar refractivity (Wildman–Crippen MR) is 161 cm³/mol. The van der Waals surface area contributed by atoms with Crippen LogP contribution >= 0.6 is 11.6 Å². The van der Waals surface area contributed by atoms with Crippen molar-refractivity contribution in [3.8, 4) is 5.75 Å². The molecule has 1 aliphatic carbocycles. The molecular formula is C31H36ClN3O5S. The van der Waals surface area contributed by atoms with E-state index in [1.807, 2.05) is 25.1 Å². The lowest BCUT2D eigenvalue weighted by atomic mass is 10.1. The molecule has 10 heteroatoms. The van der Waals surface area contributed by atoms with Crippen LogP contribution in [0.3, 0.4) is 0 Å². The van der Waals surface area contributed by atoms with Gasteiger partial charge in [-0.2, -0.15) is 0 Å². The molecule has 4 rings (SSSR count). The van der Waals surface area contributed by atoms with Crippen molar-refractivity contribution in [3.05, 3.63) is 88.9 Å². The van der Waals surface area contributed by atoms with Crippen LogP contribution in [-0.4, -0.2) is 50.9 Å². The van der Waals surface area contributed by atoms with Gasteiger partial charge in [0.05, 0.1) is 17.7 Å². The number of nitrogens with one attached hydrogen (secondary N) is 1. The molecule has 1 saturated carbocycles. The van der Waals surface area contributed by atoms with Crippen molar-refractivity contribution in [2.45, 2.75) is 63.1 Å². The highest BCUT2D eigenvalue weighted by atomic mass is 35.5. The zero-order valence-corrected chi connectivity index (χ0v) is 25.1. The summed E-state index contributed by atoms with van der Waals surface area (Å²) >= 11 is 6.01. The van der Waals surface area contributed by atoms with Gasteiger partial charge >= 0.3 is 0 Å². The first-order chi connectivity index (χ1) is 19.6. The Labute approximate surface area is 247 Å². The van der Waals surface area contributed by atoms with Gasteiger partial charge in [-0.1, -0.05) is 48.7 Å². The van der Waals surface area contributed by atoms with E-state index >= 15 is 0 Å². The number of nitrogens with zero attached hydrogens (tertiary/aromatic N) is 2. The fourth-order valence-corrected chi connectivity index (χ4v) is 6.52. The number of amides is 2. The smallest absolute Gasteiger partial charge is 0.264 e. The summed E-state index contributed by atoms with van der Waals surface area (Å²) in [6.07, 6.45) is 3.92. The number of halogens is 1. The number of carbonyl (C=O) groups excluding carboxylic acids is 2. The van der Waals surface area contributed by atoms with Crippen LogP contribution in [0.1, 0.15) is 43.7 Å². The lowest BCUT2D eigenvalue weighted by molar-refractivity contribution is -0.139. The summed E-state index contributed by atoms with van der Waals surface area (Å²) in [6.45, 7) is 3.12. The first-order valence-electron chi connectivity index (χ1n) is 13.7. The fourth-order valence-electron chi connectivity index (χ4n) is 4.99. The maximum Gasteiger partial charge on any atom is 0.264 e. The summed E-state index contributed by atoms with van der Waals surface area (Å²) in [5, 5.41) is 3.47. The van der Waals surface area contributed by atoms with Crippen LogP contribution in [-0.2, 0) is 26.2 Å². The second-order valence-electron chi connectivity index (χ2n) is 10.3. The van der Waals surface area contributed by atoms with E-state index in [1.165, 1.54) is 29.2 Å². The lowest BCUT2D eigenvalue weighted by Crippen LogP contribution is -2.52.